The fraction of sp³-hybridized carbons (Fsp3) is 0.171. The van der Waals surface area contributed by atoms with E-state index in [9.17, 15) is 0 Å². The Bertz CT molecular complexity index is 1940. The summed E-state index contributed by atoms with van der Waals surface area (Å²) >= 11 is 5.55. The van der Waals surface area contributed by atoms with Crippen LogP contribution in [0.3, 0.4) is 0 Å². The lowest BCUT2D eigenvalue weighted by Gasteiger charge is -2.23. The average Bonchev–Trinajstić information content (AvgIpc) is 3.09. The van der Waals surface area contributed by atoms with E-state index in [0.29, 0.717) is 0 Å². The predicted octanol–water partition coefficient (Wildman–Crippen LogP) is 11.4. The van der Waals surface area contributed by atoms with Gasteiger partial charge in [-0.1, -0.05) is 72.8 Å². The van der Waals surface area contributed by atoms with Gasteiger partial charge in [-0.3, -0.25) is 0 Å². The van der Waals surface area contributed by atoms with Crippen molar-refractivity contribution < 1.29 is 0 Å². The van der Waals surface area contributed by atoms with E-state index >= 15 is 0 Å². The topological polar surface area (TPSA) is 64.1 Å². The van der Waals surface area contributed by atoms with Crippen molar-refractivity contribution >= 4 is 63.1 Å². The highest BCUT2D eigenvalue weighted by molar-refractivity contribution is 7.99. The first-order valence-corrected chi connectivity index (χ1v) is 18.8. The van der Waals surface area contributed by atoms with Crippen molar-refractivity contribution in [2.24, 2.45) is 0 Å². The minimum atomic E-state index is 0.777. The van der Waals surface area contributed by atoms with Crippen LogP contribution in [0.1, 0.15) is 38.9 Å². The van der Waals surface area contributed by atoms with Crippen LogP contribution in [-0.2, 0) is 23.8 Å². The van der Waals surface area contributed by atoms with E-state index in [4.69, 9.17) is 11.5 Å². The van der Waals surface area contributed by atoms with Crippen molar-refractivity contribution in [1.29, 1.82) is 0 Å². The molecule has 0 atom stereocenters. The van der Waals surface area contributed by atoms with Gasteiger partial charge in [0, 0.05) is 55.6 Å². The van der Waals surface area contributed by atoms with Gasteiger partial charge in [0.1, 0.15) is 0 Å². The Balaban J connectivity index is 1.26. The van der Waals surface area contributed by atoms with Crippen LogP contribution in [0, 0.1) is 20.8 Å². The number of hydrogen-bond acceptors (Lipinski definition) is 6. The molecule has 0 fully saturated rings. The summed E-state index contributed by atoms with van der Waals surface area (Å²) in [5, 5.41) is 6.27. The van der Waals surface area contributed by atoms with Gasteiger partial charge in [0.2, 0.25) is 0 Å². The molecule has 0 bridgehead atoms. The van der Waals surface area contributed by atoms with Crippen molar-refractivity contribution in [3.05, 3.63) is 154 Å². The number of nitrogen functional groups attached to an aromatic ring is 2. The Hall–Kier alpha value is -3.97. The maximum absolute atomic E-state index is 6.34. The third-order valence-electron chi connectivity index (χ3n) is 8.85. The SMILES string of the molecule is Cc1c(CSc2ccccc2N)c(C)c(CSc2ccccc2NCc2ccc3ccccc3c2)c(C)c1CSc1ccccc1N. The van der Waals surface area contributed by atoms with Crippen LogP contribution in [0.25, 0.3) is 10.8 Å². The van der Waals surface area contributed by atoms with Gasteiger partial charge in [0.15, 0.2) is 0 Å². The highest BCUT2D eigenvalue weighted by atomic mass is 32.2. The second-order valence-corrected chi connectivity index (χ2v) is 14.8. The zero-order valence-corrected chi connectivity index (χ0v) is 29.6. The van der Waals surface area contributed by atoms with Crippen LogP contribution in [-0.4, -0.2) is 0 Å². The lowest BCUT2D eigenvalue weighted by molar-refractivity contribution is 1.10. The third-order valence-corrected chi connectivity index (χ3v) is 12.2. The number of thioether (sulfide) groups is 3. The van der Waals surface area contributed by atoms with Crippen LogP contribution in [0.5, 0.6) is 0 Å². The van der Waals surface area contributed by atoms with Crippen molar-refractivity contribution in [1.82, 2.24) is 0 Å². The summed E-state index contributed by atoms with van der Waals surface area (Å²) in [4.78, 5) is 3.51. The summed E-state index contributed by atoms with van der Waals surface area (Å²) in [6.07, 6.45) is 0. The zero-order chi connectivity index (χ0) is 32.8. The van der Waals surface area contributed by atoms with Crippen molar-refractivity contribution in [2.75, 3.05) is 16.8 Å². The molecule has 6 rings (SSSR count). The van der Waals surface area contributed by atoms with Gasteiger partial charge in [-0.05, 0) is 113 Å². The fourth-order valence-corrected chi connectivity index (χ4v) is 9.49. The molecule has 6 aromatic rings. The monoisotopic (exact) mass is 671 g/mol. The molecule has 0 aliphatic carbocycles. The number of fused-ring (bicyclic) bond motifs is 1. The molecule has 0 aliphatic heterocycles. The Morgan fingerprint density at radius 3 is 1.49 bits per heavy atom. The quantitative estimate of drug-likeness (QED) is 0.0889. The van der Waals surface area contributed by atoms with Crippen LogP contribution in [0.2, 0.25) is 0 Å². The molecule has 3 nitrogen and oxygen atoms in total. The largest absolute Gasteiger partial charge is 0.398 e. The van der Waals surface area contributed by atoms with Crippen LogP contribution in [0.4, 0.5) is 17.1 Å². The summed E-state index contributed by atoms with van der Waals surface area (Å²) in [5.41, 5.74) is 25.1. The molecule has 0 radical (unpaired) electrons. The highest BCUT2D eigenvalue weighted by Gasteiger charge is 2.19. The molecule has 0 spiro atoms. The minimum absolute atomic E-state index is 0.777. The van der Waals surface area contributed by atoms with Gasteiger partial charge < -0.3 is 16.8 Å². The number of nitrogens with one attached hydrogen (secondary N) is 1. The van der Waals surface area contributed by atoms with E-state index in [1.54, 1.807) is 0 Å². The summed E-state index contributed by atoms with van der Waals surface area (Å²) in [5.74, 6) is 2.64. The van der Waals surface area contributed by atoms with E-state index < -0.39 is 0 Å². The molecule has 0 saturated carbocycles. The fourth-order valence-electron chi connectivity index (χ4n) is 6.00. The van der Waals surface area contributed by atoms with E-state index in [1.807, 2.05) is 59.6 Å². The lowest BCUT2D eigenvalue weighted by Crippen LogP contribution is -2.07. The molecule has 0 aliphatic rings. The van der Waals surface area contributed by atoms with Gasteiger partial charge in [-0.25, -0.2) is 0 Å². The molecule has 5 N–H and O–H groups in total. The van der Waals surface area contributed by atoms with E-state index in [-0.39, 0.29) is 0 Å². The Morgan fingerprint density at radius 1 is 0.489 bits per heavy atom. The van der Waals surface area contributed by atoms with E-state index in [2.05, 4.69) is 117 Å². The number of nitrogens with two attached hydrogens (primary N) is 2. The molecular formula is C41H41N3S3. The standard InChI is InChI=1S/C41H41N3S3/c1-27-33(24-45-39-17-9-6-14-36(39)42)28(2)35(29(3)34(27)25-46-40-18-10-7-15-37(40)43)26-47-41-19-11-8-16-38(41)44-23-30-20-21-31-12-4-5-13-32(31)22-30/h4-22,44H,23-26,42-43H2,1-3H3. The van der Waals surface area contributed by atoms with Crippen LogP contribution < -0.4 is 16.8 Å². The number of benzene rings is 6. The minimum Gasteiger partial charge on any atom is -0.398 e. The van der Waals surface area contributed by atoms with Gasteiger partial charge >= 0.3 is 0 Å². The molecule has 0 amide bonds. The first-order chi connectivity index (χ1) is 22.9. The van der Waals surface area contributed by atoms with Gasteiger partial charge in [-0.15, -0.1) is 35.3 Å². The zero-order valence-electron chi connectivity index (χ0n) is 27.2. The van der Waals surface area contributed by atoms with Crippen LogP contribution in [0.15, 0.2) is 130 Å². The summed E-state index contributed by atoms with van der Waals surface area (Å²) < 4.78 is 0. The molecule has 6 heteroatoms. The van der Waals surface area contributed by atoms with E-state index in [1.165, 1.54) is 60.3 Å². The predicted molar refractivity (Wildman–Crippen MR) is 209 cm³/mol. The Kier molecular flexibility index (Phi) is 10.7. The number of rotatable bonds is 12. The van der Waals surface area contributed by atoms with Crippen molar-refractivity contribution in [3.63, 3.8) is 0 Å². The van der Waals surface area contributed by atoms with Gasteiger partial charge in [0.25, 0.3) is 0 Å². The average molecular weight is 672 g/mol. The molecular weight excluding hydrogens is 631 g/mol. The van der Waals surface area contributed by atoms with Crippen molar-refractivity contribution in [2.45, 2.75) is 59.3 Å². The lowest BCUT2D eigenvalue weighted by atomic mass is 9.90. The first-order valence-electron chi connectivity index (χ1n) is 15.9. The van der Waals surface area contributed by atoms with Crippen molar-refractivity contribution in [3.8, 4) is 0 Å². The van der Waals surface area contributed by atoms with Gasteiger partial charge in [-0.2, -0.15) is 0 Å². The first kappa shape index (κ1) is 33.0. The highest BCUT2D eigenvalue weighted by Crippen LogP contribution is 2.40. The van der Waals surface area contributed by atoms with Gasteiger partial charge in [0.05, 0.1) is 0 Å². The number of hydrogen-bond donors (Lipinski definition) is 3. The molecule has 0 aromatic heterocycles. The summed E-state index contributed by atoms with van der Waals surface area (Å²) in [6.45, 7) is 7.67. The maximum Gasteiger partial charge on any atom is 0.0481 e. The smallest absolute Gasteiger partial charge is 0.0481 e. The normalized spacial score (nSPS) is 11.2. The number of para-hydroxylation sites is 3. The Morgan fingerprint density at radius 2 is 0.936 bits per heavy atom. The molecule has 0 unspecified atom stereocenters. The number of anilines is 3. The second kappa shape index (κ2) is 15.3. The molecule has 0 heterocycles. The second-order valence-electron chi connectivity index (χ2n) is 11.8. The molecule has 6 aromatic carbocycles. The maximum atomic E-state index is 6.34. The van der Waals surface area contributed by atoms with E-state index in [0.717, 1.165) is 45.0 Å². The summed E-state index contributed by atoms with van der Waals surface area (Å²) in [7, 11) is 0. The third kappa shape index (κ3) is 7.78. The summed E-state index contributed by atoms with van der Waals surface area (Å²) in [6, 6.07) is 40.2. The van der Waals surface area contributed by atoms with Crippen LogP contribution >= 0.6 is 35.3 Å². The molecule has 47 heavy (non-hydrogen) atoms. The Labute approximate surface area is 291 Å². The molecule has 0 saturated heterocycles. The molecule has 238 valence electrons.